The summed E-state index contributed by atoms with van der Waals surface area (Å²) in [6.07, 6.45) is 1.93. The first kappa shape index (κ1) is 11.7. The van der Waals surface area contributed by atoms with E-state index < -0.39 is 11.9 Å². The average molecular weight is 231 g/mol. The Labute approximate surface area is 101 Å². The van der Waals surface area contributed by atoms with E-state index in [1.807, 2.05) is 24.7 Å². The molecule has 3 heteroatoms. The number of nitrogens with zero attached hydrogens (tertiary/aromatic N) is 1. The number of aromatic nitrogens is 1. The van der Waals surface area contributed by atoms with Crippen LogP contribution in [0.3, 0.4) is 0 Å². The molecule has 17 heavy (non-hydrogen) atoms. The Bertz CT molecular complexity index is 596. The molecule has 0 saturated carbocycles. The molecule has 90 valence electrons. The summed E-state index contributed by atoms with van der Waals surface area (Å²) in [5.74, 6) is -1.25. The summed E-state index contributed by atoms with van der Waals surface area (Å²) in [5, 5.41) is 10.2. The summed E-state index contributed by atoms with van der Waals surface area (Å²) in [7, 11) is 1.97. The van der Waals surface area contributed by atoms with Gasteiger partial charge in [-0.1, -0.05) is 12.1 Å². The second kappa shape index (κ2) is 3.91. The van der Waals surface area contributed by atoms with Crippen LogP contribution in [0.25, 0.3) is 10.9 Å². The molecule has 1 unspecified atom stereocenters. The van der Waals surface area contributed by atoms with E-state index in [0.29, 0.717) is 0 Å². The van der Waals surface area contributed by atoms with E-state index in [4.69, 9.17) is 5.11 Å². The third-order valence-corrected chi connectivity index (χ3v) is 3.40. The van der Waals surface area contributed by atoms with Crippen LogP contribution in [-0.4, -0.2) is 15.6 Å². The maximum Gasteiger partial charge on any atom is 0.310 e. The van der Waals surface area contributed by atoms with Gasteiger partial charge in [0.1, 0.15) is 0 Å². The summed E-state index contributed by atoms with van der Waals surface area (Å²) in [6, 6.07) is 4.13. The summed E-state index contributed by atoms with van der Waals surface area (Å²) in [4.78, 5) is 11.1. The molecule has 0 aliphatic heterocycles. The number of aryl methyl sites for hydroxylation is 3. The predicted octanol–water partition coefficient (Wildman–Crippen LogP) is 2.98. The maximum atomic E-state index is 11.1. The monoisotopic (exact) mass is 231 g/mol. The number of carbonyl (C=O) groups is 1. The molecule has 3 nitrogen and oxygen atoms in total. The van der Waals surface area contributed by atoms with Crippen molar-refractivity contribution in [2.75, 3.05) is 0 Å². The van der Waals surface area contributed by atoms with E-state index in [1.165, 1.54) is 5.56 Å². The number of fused-ring (bicyclic) bond motifs is 1. The normalized spacial score (nSPS) is 12.9. The van der Waals surface area contributed by atoms with Gasteiger partial charge in [0, 0.05) is 18.6 Å². The van der Waals surface area contributed by atoms with Crippen molar-refractivity contribution in [1.82, 2.24) is 4.57 Å². The standard InChI is InChI=1S/C14H17NO2/c1-8-5-6-9(2)13-12(8)11(7-15(13)4)10(3)14(16)17/h5-7,10H,1-4H3,(H,16,17). The van der Waals surface area contributed by atoms with Crippen molar-refractivity contribution in [1.29, 1.82) is 0 Å². The first-order valence-electron chi connectivity index (χ1n) is 5.71. The van der Waals surface area contributed by atoms with E-state index in [-0.39, 0.29) is 0 Å². The van der Waals surface area contributed by atoms with Gasteiger partial charge in [0.05, 0.1) is 11.4 Å². The molecule has 0 aliphatic rings. The predicted molar refractivity (Wildman–Crippen MR) is 68.4 cm³/mol. The van der Waals surface area contributed by atoms with E-state index in [1.54, 1.807) is 6.92 Å². The van der Waals surface area contributed by atoms with Crippen LogP contribution in [0.5, 0.6) is 0 Å². The van der Waals surface area contributed by atoms with Crippen LogP contribution in [0, 0.1) is 13.8 Å². The van der Waals surface area contributed by atoms with Gasteiger partial charge in [-0.3, -0.25) is 4.79 Å². The summed E-state index contributed by atoms with van der Waals surface area (Å²) >= 11 is 0. The van der Waals surface area contributed by atoms with E-state index in [0.717, 1.165) is 22.0 Å². The number of carboxylic acid groups (broad SMARTS) is 1. The van der Waals surface area contributed by atoms with Crippen LogP contribution < -0.4 is 0 Å². The highest BCUT2D eigenvalue weighted by Crippen LogP contribution is 2.31. The zero-order valence-electron chi connectivity index (χ0n) is 10.6. The van der Waals surface area contributed by atoms with Crippen LogP contribution in [0.1, 0.15) is 29.5 Å². The van der Waals surface area contributed by atoms with E-state index in [9.17, 15) is 4.79 Å². The molecule has 0 radical (unpaired) electrons. The Morgan fingerprint density at radius 3 is 2.47 bits per heavy atom. The minimum Gasteiger partial charge on any atom is -0.481 e. The lowest BCUT2D eigenvalue weighted by molar-refractivity contribution is -0.138. The molecular weight excluding hydrogens is 214 g/mol. The molecular formula is C14H17NO2. The Morgan fingerprint density at radius 1 is 1.29 bits per heavy atom. The maximum absolute atomic E-state index is 11.1. The Morgan fingerprint density at radius 2 is 1.88 bits per heavy atom. The Kier molecular flexibility index (Phi) is 2.69. The van der Waals surface area contributed by atoms with Gasteiger partial charge in [-0.15, -0.1) is 0 Å². The Balaban J connectivity index is 2.83. The fraction of sp³-hybridized carbons (Fsp3) is 0.357. The number of carboxylic acids is 1. The topological polar surface area (TPSA) is 42.2 Å². The van der Waals surface area contributed by atoms with Crippen LogP contribution in [-0.2, 0) is 11.8 Å². The number of rotatable bonds is 2. The molecule has 0 amide bonds. The second-order valence-electron chi connectivity index (χ2n) is 4.68. The lowest BCUT2D eigenvalue weighted by Crippen LogP contribution is -2.07. The van der Waals surface area contributed by atoms with Gasteiger partial charge in [0.25, 0.3) is 0 Å². The highest BCUT2D eigenvalue weighted by molar-refractivity contribution is 5.93. The number of benzene rings is 1. The van der Waals surface area contributed by atoms with Gasteiger partial charge in [0.2, 0.25) is 0 Å². The van der Waals surface area contributed by atoms with Crippen LogP contribution in [0.4, 0.5) is 0 Å². The van der Waals surface area contributed by atoms with E-state index in [2.05, 4.69) is 19.1 Å². The van der Waals surface area contributed by atoms with Crippen LogP contribution >= 0.6 is 0 Å². The van der Waals surface area contributed by atoms with Crippen molar-refractivity contribution in [3.8, 4) is 0 Å². The van der Waals surface area contributed by atoms with Crippen molar-refractivity contribution in [2.24, 2.45) is 7.05 Å². The molecule has 1 N–H and O–H groups in total. The first-order valence-corrected chi connectivity index (χ1v) is 5.71. The second-order valence-corrected chi connectivity index (χ2v) is 4.68. The van der Waals surface area contributed by atoms with Crippen molar-refractivity contribution in [3.05, 3.63) is 35.0 Å². The molecule has 0 spiro atoms. The Hall–Kier alpha value is -1.77. The molecule has 0 saturated heterocycles. The average Bonchev–Trinajstić information content (AvgIpc) is 2.61. The highest BCUT2D eigenvalue weighted by Gasteiger charge is 2.20. The fourth-order valence-electron chi connectivity index (χ4n) is 2.41. The third kappa shape index (κ3) is 1.71. The molecule has 1 heterocycles. The van der Waals surface area contributed by atoms with Crippen molar-refractivity contribution in [3.63, 3.8) is 0 Å². The minimum atomic E-state index is -0.779. The van der Waals surface area contributed by atoms with E-state index >= 15 is 0 Å². The van der Waals surface area contributed by atoms with Crippen molar-refractivity contribution >= 4 is 16.9 Å². The molecule has 0 fully saturated rings. The lowest BCUT2D eigenvalue weighted by atomic mass is 9.96. The van der Waals surface area contributed by atoms with Crippen LogP contribution in [0.15, 0.2) is 18.3 Å². The van der Waals surface area contributed by atoms with Gasteiger partial charge < -0.3 is 9.67 Å². The quantitative estimate of drug-likeness (QED) is 0.863. The summed E-state index contributed by atoms with van der Waals surface area (Å²) in [6.45, 7) is 5.82. The number of hydrogen-bond donors (Lipinski definition) is 1. The van der Waals surface area contributed by atoms with Gasteiger partial charge in [-0.05, 0) is 37.5 Å². The van der Waals surface area contributed by atoms with Gasteiger partial charge in [-0.2, -0.15) is 0 Å². The first-order chi connectivity index (χ1) is 7.93. The van der Waals surface area contributed by atoms with Gasteiger partial charge in [0.15, 0.2) is 0 Å². The zero-order valence-corrected chi connectivity index (χ0v) is 10.6. The molecule has 1 atom stereocenters. The lowest BCUT2D eigenvalue weighted by Gasteiger charge is -2.07. The minimum absolute atomic E-state index is 0.473. The van der Waals surface area contributed by atoms with Gasteiger partial charge in [-0.25, -0.2) is 0 Å². The largest absolute Gasteiger partial charge is 0.481 e. The number of hydrogen-bond acceptors (Lipinski definition) is 1. The highest BCUT2D eigenvalue weighted by atomic mass is 16.4. The SMILES string of the molecule is Cc1ccc(C)c2c1c(C(C)C(=O)O)cn2C. The molecule has 2 aromatic rings. The van der Waals surface area contributed by atoms with Crippen molar-refractivity contribution in [2.45, 2.75) is 26.7 Å². The zero-order chi connectivity index (χ0) is 12.7. The summed E-state index contributed by atoms with van der Waals surface area (Å²) in [5.41, 5.74) is 4.34. The van der Waals surface area contributed by atoms with Crippen molar-refractivity contribution < 1.29 is 9.90 Å². The van der Waals surface area contributed by atoms with Gasteiger partial charge >= 0.3 is 5.97 Å². The number of aliphatic carboxylic acids is 1. The molecule has 0 aliphatic carbocycles. The molecule has 1 aromatic heterocycles. The van der Waals surface area contributed by atoms with Crippen LogP contribution in [0.2, 0.25) is 0 Å². The fourth-order valence-corrected chi connectivity index (χ4v) is 2.41. The molecule has 0 bridgehead atoms. The third-order valence-electron chi connectivity index (χ3n) is 3.40. The molecule has 1 aromatic carbocycles. The summed E-state index contributed by atoms with van der Waals surface area (Å²) < 4.78 is 2.02. The molecule has 2 rings (SSSR count). The smallest absolute Gasteiger partial charge is 0.310 e.